The van der Waals surface area contributed by atoms with Crippen LogP contribution in [0.2, 0.25) is 0 Å². The average molecular weight is 270 g/mol. The number of hydrogen-bond acceptors (Lipinski definition) is 1. The van der Waals surface area contributed by atoms with Gasteiger partial charge in [0.2, 0.25) is 0 Å². The van der Waals surface area contributed by atoms with E-state index >= 15 is 0 Å². The van der Waals surface area contributed by atoms with E-state index in [0.29, 0.717) is 6.04 Å². The maximum atomic E-state index is 3.56. The zero-order valence-electron chi connectivity index (χ0n) is 9.76. The molecule has 0 heterocycles. The maximum Gasteiger partial charge on any atom is 0.0220 e. The second-order valence-electron chi connectivity index (χ2n) is 4.15. The van der Waals surface area contributed by atoms with Crippen molar-refractivity contribution in [3.8, 4) is 0 Å². The first-order valence-electron chi connectivity index (χ1n) is 5.62. The van der Waals surface area contributed by atoms with Gasteiger partial charge in [0.15, 0.2) is 0 Å². The van der Waals surface area contributed by atoms with E-state index in [1.165, 1.54) is 16.5 Å². The van der Waals surface area contributed by atoms with Crippen molar-refractivity contribution in [2.75, 3.05) is 0 Å². The van der Waals surface area contributed by atoms with E-state index in [-0.39, 0.29) is 0 Å². The van der Waals surface area contributed by atoms with E-state index in [4.69, 9.17) is 0 Å². The van der Waals surface area contributed by atoms with Crippen molar-refractivity contribution in [1.29, 1.82) is 0 Å². The van der Waals surface area contributed by atoms with Crippen molar-refractivity contribution in [2.45, 2.75) is 39.8 Å². The Bertz CT molecular complexity index is 298. The van der Waals surface area contributed by atoms with Crippen LogP contribution in [0.25, 0.3) is 0 Å². The van der Waals surface area contributed by atoms with Crippen molar-refractivity contribution in [3.63, 3.8) is 0 Å². The summed E-state index contributed by atoms with van der Waals surface area (Å²) in [7, 11) is 0. The molecule has 1 aromatic carbocycles. The summed E-state index contributed by atoms with van der Waals surface area (Å²) in [5, 5.41) is 3.56. The molecule has 0 bridgehead atoms. The number of halogens is 1. The molecule has 0 fully saturated rings. The lowest BCUT2D eigenvalue weighted by molar-refractivity contribution is 0.389. The molecule has 0 saturated carbocycles. The SMILES string of the molecule is CC[C@H](C)[C@H](C)NCc1ccccc1Br. The van der Waals surface area contributed by atoms with Crippen LogP contribution in [0, 0.1) is 5.92 Å². The van der Waals surface area contributed by atoms with Gasteiger partial charge in [0, 0.05) is 17.1 Å². The van der Waals surface area contributed by atoms with E-state index < -0.39 is 0 Å². The van der Waals surface area contributed by atoms with Gasteiger partial charge in [-0.2, -0.15) is 0 Å². The molecule has 15 heavy (non-hydrogen) atoms. The van der Waals surface area contributed by atoms with Crippen LogP contribution in [0.15, 0.2) is 28.7 Å². The van der Waals surface area contributed by atoms with Crippen LogP contribution in [0.4, 0.5) is 0 Å². The van der Waals surface area contributed by atoms with E-state index in [1.54, 1.807) is 0 Å². The first-order valence-corrected chi connectivity index (χ1v) is 6.41. The Morgan fingerprint density at radius 2 is 1.93 bits per heavy atom. The summed E-state index contributed by atoms with van der Waals surface area (Å²) in [6, 6.07) is 8.94. The summed E-state index contributed by atoms with van der Waals surface area (Å²) in [6.07, 6.45) is 1.23. The molecule has 84 valence electrons. The molecule has 0 unspecified atom stereocenters. The van der Waals surface area contributed by atoms with Gasteiger partial charge in [-0.05, 0) is 24.5 Å². The molecule has 1 N–H and O–H groups in total. The monoisotopic (exact) mass is 269 g/mol. The Balaban J connectivity index is 2.47. The molecule has 0 spiro atoms. The Morgan fingerprint density at radius 1 is 1.27 bits per heavy atom. The largest absolute Gasteiger partial charge is 0.310 e. The lowest BCUT2D eigenvalue weighted by Gasteiger charge is -2.20. The lowest BCUT2D eigenvalue weighted by atomic mass is 10.0. The van der Waals surface area contributed by atoms with Crippen LogP contribution >= 0.6 is 15.9 Å². The Morgan fingerprint density at radius 3 is 2.53 bits per heavy atom. The molecule has 0 saturated heterocycles. The maximum absolute atomic E-state index is 3.56. The van der Waals surface area contributed by atoms with Crippen LogP contribution in [-0.4, -0.2) is 6.04 Å². The number of hydrogen-bond donors (Lipinski definition) is 1. The molecule has 1 aromatic rings. The van der Waals surface area contributed by atoms with Gasteiger partial charge in [0.05, 0.1) is 0 Å². The summed E-state index contributed by atoms with van der Waals surface area (Å²) in [6.45, 7) is 7.72. The van der Waals surface area contributed by atoms with Crippen LogP contribution in [0.3, 0.4) is 0 Å². The molecule has 2 heteroatoms. The molecular weight excluding hydrogens is 250 g/mol. The normalized spacial score (nSPS) is 14.9. The molecule has 0 amide bonds. The molecule has 0 aliphatic heterocycles. The Kier molecular flexibility index (Phi) is 5.34. The number of rotatable bonds is 5. The highest BCUT2D eigenvalue weighted by atomic mass is 79.9. The van der Waals surface area contributed by atoms with Gasteiger partial charge in [-0.3, -0.25) is 0 Å². The first kappa shape index (κ1) is 12.7. The molecular formula is C13H20BrN. The van der Waals surface area contributed by atoms with Crippen LogP contribution < -0.4 is 5.32 Å². The summed E-state index contributed by atoms with van der Waals surface area (Å²) in [4.78, 5) is 0. The molecule has 1 rings (SSSR count). The van der Waals surface area contributed by atoms with Gasteiger partial charge in [-0.25, -0.2) is 0 Å². The minimum Gasteiger partial charge on any atom is -0.310 e. The van der Waals surface area contributed by atoms with Gasteiger partial charge in [-0.15, -0.1) is 0 Å². The second-order valence-corrected chi connectivity index (χ2v) is 5.00. The predicted octanol–water partition coefficient (Wildman–Crippen LogP) is 3.97. The molecule has 2 atom stereocenters. The van der Waals surface area contributed by atoms with Gasteiger partial charge >= 0.3 is 0 Å². The van der Waals surface area contributed by atoms with E-state index in [9.17, 15) is 0 Å². The van der Waals surface area contributed by atoms with Crippen molar-refractivity contribution < 1.29 is 0 Å². The first-order chi connectivity index (χ1) is 7.15. The standard InChI is InChI=1S/C13H20BrN/c1-4-10(2)11(3)15-9-12-7-5-6-8-13(12)14/h5-8,10-11,15H,4,9H2,1-3H3/t10-,11-/m0/s1. The van der Waals surface area contributed by atoms with Crippen LogP contribution in [-0.2, 0) is 6.54 Å². The van der Waals surface area contributed by atoms with Crippen molar-refractivity contribution in [2.24, 2.45) is 5.92 Å². The van der Waals surface area contributed by atoms with Gasteiger partial charge in [0.25, 0.3) is 0 Å². The van der Waals surface area contributed by atoms with E-state index in [0.717, 1.165) is 12.5 Å². The smallest absolute Gasteiger partial charge is 0.0220 e. The van der Waals surface area contributed by atoms with Crippen LogP contribution in [0.1, 0.15) is 32.8 Å². The Labute approximate surface area is 101 Å². The molecule has 0 radical (unpaired) electrons. The molecule has 1 nitrogen and oxygen atoms in total. The topological polar surface area (TPSA) is 12.0 Å². The van der Waals surface area contributed by atoms with Crippen LogP contribution in [0.5, 0.6) is 0 Å². The van der Waals surface area contributed by atoms with Crippen molar-refractivity contribution in [1.82, 2.24) is 5.32 Å². The third-order valence-corrected chi connectivity index (χ3v) is 3.84. The molecule has 0 aliphatic carbocycles. The van der Waals surface area contributed by atoms with E-state index in [1.807, 2.05) is 6.07 Å². The third kappa shape index (κ3) is 3.96. The highest BCUT2D eigenvalue weighted by Gasteiger charge is 2.09. The third-order valence-electron chi connectivity index (χ3n) is 3.07. The lowest BCUT2D eigenvalue weighted by Crippen LogP contribution is -2.31. The van der Waals surface area contributed by atoms with E-state index in [2.05, 4.69) is 60.2 Å². The zero-order valence-corrected chi connectivity index (χ0v) is 11.3. The summed E-state index contributed by atoms with van der Waals surface area (Å²) >= 11 is 3.56. The average Bonchev–Trinajstić information content (AvgIpc) is 2.26. The highest BCUT2D eigenvalue weighted by Crippen LogP contribution is 2.16. The predicted molar refractivity (Wildman–Crippen MR) is 69.9 cm³/mol. The fourth-order valence-corrected chi connectivity index (χ4v) is 1.89. The minimum atomic E-state index is 0.571. The molecule has 0 aliphatic rings. The fraction of sp³-hybridized carbons (Fsp3) is 0.538. The summed E-state index contributed by atoms with van der Waals surface area (Å²) in [5.74, 6) is 0.729. The van der Waals surface area contributed by atoms with Crippen molar-refractivity contribution in [3.05, 3.63) is 34.3 Å². The minimum absolute atomic E-state index is 0.571. The number of benzene rings is 1. The van der Waals surface area contributed by atoms with Gasteiger partial charge < -0.3 is 5.32 Å². The summed E-state index contributed by atoms with van der Waals surface area (Å²) < 4.78 is 1.19. The van der Waals surface area contributed by atoms with Gasteiger partial charge in [0.1, 0.15) is 0 Å². The van der Waals surface area contributed by atoms with Gasteiger partial charge in [-0.1, -0.05) is 54.4 Å². The fourth-order valence-electron chi connectivity index (χ4n) is 1.47. The van der Waals surface area contributed by atoms with Crippen molar-refractivity contribution >= 4 is 15.9 Å². The molecule has 0 aromatic heterocycles. The second kappa shape index (κ2) is 6.29. The quantitative estimate of drug-likeness (QED) is 0.853. The Hall–Kier alpha value is -0.340. The number of nitrogens with one attached hydrogen (secondary N) is 1. The zero-order chi connectivity index (χ0) is 11.3. The highest BCUT2D eigenvalue weighted by molar-refractivity contribution is 9.10. The summed E-state index contributed by atoms with van der Waals surface area (Å²) in [5.41, 5.74) is 1.33.